The van der Waals surface area contributed by atoms with Gasteiger partial charge >= 0.3 is 11.9 Å². The van der Waals surface area contributed by atoms with E-state index in [9.17, 15) is 9.59 Å². The first-order valence-electron chi connectivity index (χ1n) is 14.5. The number of ether oxygens (including phenoxy) is 2. The summed E-state index contributed by atoms with van der Waals surface area (Å²) in [5.41, 5.74) is 5.70. The van der Waals surface area contributed by atoms with E-state index in [1.165, 1.54) is 21.3 Å². The van der Waals surface area contributed by atoms with E-state index in [-0.39, 0.29) is 12.8 Å². The van der Waals surface area contributed by atoms with Crippen molar-refractivity contribution >= 4 is 22.9 Å². The third-order valence-electron chi connectivity index (χ3n) is 7.87. The molecule has 1 aromatic heterocycles. The van der Waals surface area contributed by atoms with Gasteiger partial charge in [-0.3, -0.25) is 4.90 Å². The van der Waals surface area contributed by atoms with Crippen LogP contribution in [0.1, 0.15) is 39.2 Å². The van der Waals surface area contributed by atoms with E-state index in [1.54, 1.807) is 6.07 Å². The Kier molecular flexibility index (Phi) is 9.09. The van der Waals surface area contributed by atoms with E-state index in [1.807, 2.05) is 25.1 Å². The van der Waals surface area contributed by atoms with Crippen LogP contribution in [-0.2, 0) is 22.7 Å². The van der Waals surface area contributed by atoms with Gasteiger partial charge in [0.1, 0.15) is 6.10 Å². The Bertz CT molecular complexity index is 1500. The van der Waals surface area contributed by atoms with Gasteiger partial charge in [-0.1, -0.05) is 74.9 Å². The fraction of sp³-hybridized carbons (Fsp3) is 0.394. The lowest BCUT2D eigenvalue weighted by molar-refractivity contribution is 0.00536. The maximum atomic E-state index is 12.7. The molecule has 0 amide bonds. The van der Waals surface area contributed by atoms with Crippen LogP contribution in [0.5, 0.6) is 0 Å². The van der Waals surface area contributed by atoms with Crippen LogP contribution in [0, 0.1) is 5.92 Å². The summed E-state index contributed by atoms with van der Waals surface area (Å²) in [7, 11) is 0. The third-order valence-corrected chi connectivity index (χ3v) is 7.87. The van der Waals surface area contributed by atoms with E-state index in [0.717, 1.165) is 51.3 Å². The van der Waals surface area contributed by atoms with E-state index in [0.29, 0.717) is 17.0 Å². The molecule has 1 aliphatic rings. The van der Waals surface area contributed by atoms with E-state index in [4.69, 9.17) is 13.9 Å². The van der Waals surface area contributed by atoms with Crippen molar-refractivity contribution in [1.29, 1.82) is 0 Å². The first kappa shape index (κ1) is 28.5. The van der Waals surface area contributed by atoms with E-state index in [2.05, 4.69) is 72.2 Å². The van der Waals surface area contributed by atoms with Crippen molar-refractivity contribution in [2.75, 3.05) is 31.1 Å². The number of aromatic nitrogens is 1. The molecule has 1 fully saturated rings. The highest BCUT2D eigenvalue weighted by Crippen LogP contribution is 2.28. The largest absolute Gasteiger partial charge is 0.510 e. The number of piperazine rings is 1. The molecule has 3 aromatic carbocycles. The topological polar surface area (TPSA) is 77.1 Å². The van der Waals surface area contributed by atoms with Crippen molar-refractivity contribution in [3.05, 3.63) is 88.9 Å². The minimum absolute atomic E-state index is 0.256. The monoisotopic (exact) mass is 557 g/mol. The van der Waals surface area contributed by atoms with Gasteiger partial charge < -0.3 is 18.8 Å². The summed E-state index contributed by atoms with van der Waals surface area (Å²) in [5, 5.41) is 0. The molecule has 0 N–H and O–H groups in total. The summed E-state index contributed by atoms with van der Waals surface area (Å²) in [6.07, 6.45) is 0.729. The van der Waals surface area contributed by atoms with Crippen LogP contribution >= 0.6 is 0 Å². The second-order valence-corrected chi connectivity index (χ2v) is 11.0. The van der Waals surface area contributed by atoms with E-state index >= 15 is 0 Å². The summed E-state index contributed by atoms with van der Waals surface area (Å²) in [6, 6.07) is 24.8. The van der Waals surface area contributed by atoms with Gasteiger partial charge in [0, 0.05) is 32.7 Å². The number of benzene rings is 3. The molecule has 0 saturated carbocycles. The lowest BCUT2D eigenvalue weighted by Gasteiger charge is -2.36. The molecule has 5 rings (SSSR count). The predicted octanol–water partition coefficient (Wildman–Crippen LogP) is 6.52. The lowest BCUT2D eigenvalue weighted by Crippen LogP contribution is -2.46. The number of nitrogens with zero attached hydrogens (tertiary/aromatic N) is 3. The fourth-order valence-corrected chi connectivity index (χ4v) is 5.42. The van der Waals surface area contributed by atoms with Crippen LogP contribution in [0.2, 0.25) is 0 Å². The second kappa shape index (κ2) is 13.1. The first-order chi connectivity index (χ1) is 19.9. The van der Waals surface area contributed by atoms with E-state index < -0.39 is 11.9 Å². The zero-order chi connectivity index (χ0) is 28.8. The minimum atomic E-state index is -0.788. The van der Waals surface area contributed by atoms with Gasteiger partial charge in [-0.15, -0.1) is 0 Å². The molecular weight excluding hydrogens is 518 g/mol. The summed E-state index contributed by atoms with van der Waals surface area (Å²) in [5.74, 6) is -0.116. The fourth-order valence-electron chi connectivity index (χ4n) is 5.42. The zero-order valence-electron chi connectivity index (χ0n) is 24.1. The maximum absolute atomic E-state index is 12.7. The van der Waals surface area contributed by atoms with Gasteiger partial charge in [-0.05, 0) is 54.2 Å². The average Bonchev–Trinajstić information content (AvgIpc) is 3.31. The number of fused-ring (bicyclic) bond motifs is 1. The Labute approximate surface area is 241 Å². The molecule has 8 heteroatoms. The van der Waals surface area contributed by atoms with Gasteiger partial charge in [0.15, 0.2) is 12.3 Å². The molecule has 4 aromatic rings. The lowest BCUT2D eigenvalue weighted by atomic mass is 10.0. The molecule has 2 atom stereocenters. The molecule has 8 nitrogen and oxygen atoms in total. The minimum Gasteiger partial charge on any atom is -0.431 e. The van der Waals surface area contributed by atoms with Crippen molar-refractivity contribution in [2.24, 2.45) is 5.92 Å². The van der Waals surface area contributed by atoms with Crippen LogP contribution in [0.15, 0.2) is 82.0 Å². The molecule has 1 saturated heterocycles. The Balaban J connectivity index is 1.20. The standard InChI is InChI=1S/C33H39N3O5/c1-4-24(2)20-25(3)40-33(38)39-23-36-30-15-9-14-29(31(30)41-32(36)37)35-18-16-34(17-19-35)22-26-10-8-13-28(21-26)27-11-6-5-7-12-27/h5-15,21,24-25H,4,16-20,22-23H2,1-3H3. The number of anilines is 1. The van der Waals surface area contributed by atoms with Crippen LogP contribution in [0.4, 0.5) is 10.5 Å². The summed E-state index contributed by atoms with van der Waals surface area (Å²) in [6.45, 7) is 10.1. The van der Waals surface area contributed by atoms with Crippen molar-refractivity contribution in [3.8, 4) is 11.1 Å². The molecule has 2 unspecified atom stereocenters. The highest BCUT2D eigenvalue weighted by atomic mass is 16.7. The van der Waals surface area contributed by atoms with Crippen LogP contribution < -0.4 is 10.7 Å². The van der Waals surface area contributed by atoms with Crippen LogP contribution in [-0.4, -0.2) is 47.9 Å². The average molecular weight is 558 g/mol. The normalized spacial score (nSPS) is 15.5. The van der Waals surface area contributed by atoms with Crippen molar-refractivity contribution < 1.29 is 18.7 Å². The number of carbonyl (C=O) groups excluding carboxylic acids is 1. The second-order valence-electron chi connectivity index (χ2n) is 11.0. The SMILES string of the molecule is CCC(C)CC(C)OC(=O)OCn1c(=O)oc2c(N3CCN(Cc4cccc(-c5ccccc5)c4)CC3)cccc21. The molecule has 0 aliphatic carbocycles. The number of oxazole rings is 1. The van der Waals surface area contributed by atoms with Crippen LogP contribution in [0.3, 0.4) is 0 Å². The molecular formula is C33H39N3O5. The van der Waals surface area contributed by atoms with Gasteiger partial charge in [0.25, 0.3) is 0 Å². The Hall–Kier alpha value is -4.04. The molecule has 0 bridgehead atoms. The van der Waals surface area contributed by atoms with Gasteiger partial charge in [0.2, 0.25) is 0 Å². The molecule has 41 heavy (non-hydrogen) atoms. The Morgan fingerprint density at radius 1 is 0.927 bits per heavy atom. The first-order valence-corrected chi connectivity index (χ1v) is 14.5. The maximum Gasteiger partial charge on any atom is 0.510 e. The summed E-state index contributed by atoms with van der Waals surface area (Å²) >= 11 is 0. The predicted molar refractivity (Wildman–Crippen MR) is 161 cm³/mol. The number of carbonyl (C=O) groups is 1. The van der Waals surface area contributed by atoms with Crippen molar-refractivity contribution in [2.45, 2.75) is 53.0 Å². The van der Waals surface area contributed by atoms with Gasteiger partial charge in [0.05, 0.1) is 11.2 Å². The van der Waals surface area contributed by atoms with Crippen LogP contribution in [0.25, 0.3) is 22.2 Å². The summed E-state index contributed by atoms with van der Waals surface area (Å²) < 4.78 is 17.6. The van der Waals surface area contributed by atoms with Gasteiger partial charge in [-0.2, -0.15) is 0 Å². The van der Waals surface area contributed by atoms with Gasteiger partial charge in [-0.25, -0.2) is 14.2 Å². The molecule has 216 valence electrons. The number of hydrogen-bond donors (Lipinski definition) is 0. The van der Waals surface area contributed by atoms with Crippen molar-refractivity contribution in [3.63, 3.8) is 0 Å². The molecule has 1 aliphatic heterocycles. The molecule has 0 spiro atoms. The van der Waals surface area contributed by atoms with Crippen molar-refractivity contribution in [1.82, 2.24) is 9.47 Å². The molecule has 2 heterocycles. The quantitative estimate of drug-likeness (QED) is 0.206. The smallest absolute Gasteiger partial charge is 0.431 e. The third kappa shape index (κ3) is 7.00. The zero-order valence-corrected chi connectivity index (χ0v) is 24.1. The number of rotatable bonds is 10. The Morgan fingerprint density at radius 2 is 1.66 bits per heavy atom. The number of hydrogen-bond acceptors (Lipinski definition) is 7. The number of para-hydroxylation sites is 1. The highest BCUT2D eigenvalue weighted by Gasteiger charge is 2.23. The summed E-state index contributed by atoms with van der Waals surface area (Å²) in [4.78, 5) is 29.6. The Morgan fingerprint density at radius 3 is 2.41 bits per heavy atom. The molecule has 0 radical (unpaired) electrons. The highest BCUT2D eigenvalue weighted by molar-refractivity contribution is 5.87.